The number of ether oxygens (including phenoxy) is 2. The molecule has 124 valence electrons. The number of methoxy groups -OCH3 is 1. The molecular weight excluding hydrogens is 300 g/mol. The largest absolute Gasteiger partial charge is 0.465 e. The first kappa shape index (κ1) is 15.9. The van der Waals surface area contributed by atoms with E-state index in [1.165, 1.54) is 25.6 Å². The van der Waals surface area contributed by atoms with Gasteiger partial charge in [-0.2, -0.15) is 0 Å². The van der Waals surface area contributed by atoms with Crippen LogP contribution < -0.4 is 0 Å². The molecule has 1 aliphatic carbocycles. The third-order valence-electron chi connectivity index (χ3n) is 4.56. The first-order valence-corrected chi connectivity index (χ1v) is 7.70. The lowest BCUT2D eigenvalue weighted by atomic mass is 10.1. The Bertz CT molecular complexity index is 606. The van der Waals surface area contributed by atoms with Crippen LogP contribution in [0, 0.1) is 5.92 Å². The van der Waals surface area contributed by atoms with Crippen molar-refractivity contribution < 1.29 is 24.2 Å². The van der Waals surface area contributed by atoms with Crippen LogP contribution in [0.3, 0.4) is 0 Å². The maximum absolute atomic E-state index is 12.8. The van der Waals surface area contributed by atoms with Crippen LogP contribution >= 0.6 is 0 Å². The zero-order valence-corrected chi connectivity index (χ0v) is 13.0. The molecule has 0 aromatic carbocycles. The minimum atomic E-state index is -0.520. The number of carbonyl (C=O) groups excluding carboxylic acids is 2. The maximum Gasteiger partial charge on any atom is 0.339 e. The summed E-state index contributed by atoms with van der Waals surface area (Å²) in [4.78, 5) is 30.2. The molecule has 1 N–H and O–H groups in total. The summed E-state index contributed by atoms with van der Waals surface area (Å²) in [5.74, 6) is -0.522. The molecule has 23 heavy (non-hydrogen) atoms. The van der Waals surface area contributed by atoms with E-state index < -0.39 is 5.97 Å². The van der Waals surface area contributed by atoms with Crippen LogP contribution in [-0.4, -0.2) is 65.9 Å². The van der Waals surface area contributed by atoms with Gasteiger partial charge in [0.1, 0.15) is 0 Å². The number of carbonyl (C=O) groups is 2. The highest BCUT2D eigenvalue weighted by atomic mass is 16.5. The Morgan fingerprint density at radius 1 is 1.39 bits per heavy atom. The van der Waals surface area contributed by atoms with Gasteiger partial charge in [-0.15, -0.1) is 0 Å². The second-order valence-corrected chi connectivity index (χ2v) is 5.95. The smallest absolute Gasteiger partial charge is 0.339 e. The molecular formula is C16H20N2O5. The molecule has 1 aliphatic heterocycles. The standard InChI is InChI=1S/C16H20N2O5/c1-22-16(21)12-6-11(7-17-8-12)15(20)18-2-3-23-14-5-10(9-19)4-13(14)18/h6-8,10,13-14,19H,2-5,9H2,1H3/t10-,13+,14+/m1/s1. The summed E-state index contributed by atoms with van der Waals surface area (Å²) < 4.78 is 10.4. The van der Waals surface area contributed by atoms with Gasteiger partial charge >= 0.3 is 5.97 Å². The van der Waals surface area contributed by atoms with Gasteiger partial charge in [0.15, 0.2) is 0 Å². The van der Waals surface area contributed by atoms with E-state index >= 15 is 0 Å². The molecule has 1 saturated heterocycles. The van der Waals surface area contributed by atoms with Crippen molar-refractivity contribution in [1.29, 1.82) is 0 Å². The van der Waals surface area contributed by atoms with Gasteiger partial charge in [0.2, 0.25) is 0 Å². The fourth-order valence-corrected chi connectivity index (χ4v) is 3.40. The summed E-state index contributed by atoms with van der Waals surface area (Å²) in [6.45, 7) is 1.09. The molecule has 3 rings (SSSR count). The topological polar surface area (TPSA) is 89.0 Å². The van der Waals surface area contributed by atoms with Crippen LogP contribution in [-0.2, 0) is 9.47 Å². The second kappa shape index (κ2) is 6.64. The molecule has 1 aromatic rings. The number of nitrogens with zero attached hydrogens (tertiary/aromatic N) is 2. The highest BCUT2D eigenvalue weighted by Crippen LogP contribution is 2.34. The van der Waals surface area contributed by atoms with E-state index in [-0.39, 0.29) is 36.1 Å². The van der Waals surface area contributed by atoms with Crippen LogP contribution in [0.5, 0.6) is 0 Å². The lowest BCUT2D eigenvalue weighted by molar-refractivity contribution is -0.0449. The highest BCUT2D eigenvalue weighted by Gasteiger charge is 2.42. The molecule has 2 aliphatic rings. The number of hydrogen-bond acceptors (Lipinski definition) is 6. The molecule has 7 nitrogen and oxygen atoms in total. The molecule has 7 heteroatoms. The van der Waals surface area contributed by atoms with Crippen molar-refractivity contribution >= 4 is 11.9 Å². The van der Waals surface area contributed by atoms with Crippen molar-refractivity contribution in [3.63, 3.8) is 0 Å². The van der Waals surface area contributed by atoms with Gasteiger partial charge in [-0.05, 0) is 24.8 Å². The molecule has 0 radical (unpaired) electrons. The fraction of sp³-hybridized carbons (Fsp3) is 0.562. The van der Waals surface area contributed by atoms with Crippen molar-refractivity contribution in [1.82, 2.24) is 9.88 Å². The van der Waals surface area contributed by atoms with Crippen molar-refractivity contribution in [3.05, 3.63) is 29.6 Å². The Kier molecular flexibility index (Phi) is 4.58. The van der Waals surface area contributed by atoms with Crippen LogP contribution in [0.4, 0.5) is 0 Å². The quantitative estimate of drug-likeness (QED) is 0.815. The Labute approximate surface area is 134 Å². The van der Waals surface area contributed by atoms with E-state index in [0.717, 1.165) is 12.8 Å². The molecule has 2 fully saturated rings. The van der Waals surface area contributed by atoms with Crippen LogP contribution in [0.2, 0.25) is 0 Å². The summed E-state index contributed by atoms with van der Waals surface area (Å²) in [7, 11) is 1.29. The third kappa shape index (κ3) is 3.07. The minimum absolute atomic E-state index is 0.0263. The van der Waals surface area contributed by atoms with Crippen molar-refractivity contribution in [2.45, 2.75) is 25.0 Å². The van der Waals surface area contributed by atoms with Gasteiger partial charge in [-0.25, -0.2) is 4.79 Å². The predicted molar refractivity (Wildman–Crippen MR) is 80.0 cm³/mol. The number of esters is 1. The molecule has 0 unspecified atom stereocenters. The van der Waals surface area contributed by atoms with E-state index in [2.05, 4.69) is 9.72 Å². The number of aliphatic hydroxyl groups excluding tert-OH is 1. The Morgan fingerprint density at radius 3 is 2.91 bits per heavy atom. The fourth-order valence-electron chi connectivity index (χ4n) is 3.40. The second-order valence-electron chi connectivity index (χ2n) is 5.95. The van der Waals surface area contributed by atoms with Crippen molar-refractivity contribution in [3.8, 4) is 0 Å². The monoisotopic (exact) mass is 320 g/mol. The number of pyridine rings is 1. The van der Waals surface area contributed by atoms with Crippen LogP contribution in [0.15, 0.2) is 18.5 Å². The van der Waals surface area contributed by atoms with Gasteiger partial charge in [-0.3, -0.25) is 9.78 Å². The summed E-state index contributed by atoms with van der Waals surface area (Å²) in [5, 5.41) is 9.36. The number of amides is 1. The zero-order chi connectivity index (χ0) is 16.4. The summed E-state index contributed by atoms with van der Waals surface area (Å²) >= 11 is 0. The normalized spacial score (nSPS) is 26.7. The Morgan fingerprint density at radius 2 is 2.17 bits per heavy atom. The molecule has 0 bridgehead atoms. The molecule has 3 atom stereocenters. The molecule has 2 heterocycles. The number of aliphatic hydroxyl groups is 1. The van der Waals surface area contributed by atoms with Gasteiger partial charge in [-0.1, -0.05) is 0 Å². The molecule has 1 amide bonds. The van der Waals surface area contributed by atoms with Gasteiger partial charge < -0.3 is 19.5 Å². The minimum Gasteiger partial charge on any atom is -0.465 e. The van der Waals surface area contributed by atoms with Gasteiger partial charge in [0, 0.05) is 25.5 Å². The summed E-state index contributed by atoms with van der Waals surface area (Å²) in [6.07, 6.45) is 4.31. The third-order valence-corrected chi connectivity index (χ3v) is 4.56. The van der Waals surface area contributed by atoms with Gasteiger partial charge in [0.05, 0.1) is 37.0 Å². The lowest BCUT2D eigenvalue weighted by Crippen LogP contribution is -2.51. The number of morpholine rings is 1. The van der Waals surface area contributed by atoms with E-state index in [0.29, 0.717) is 18.7 Å². The SMILES string of the molecule is COC(=O)c1cncc(C(=O)N2CCO[C@H]3C[C@H](CO)C[C@@H]32)c1. The lowest BCUT2D eigenvalue weighted by Gasteiger charge is -2.37. The first-order valence-electron chi connectivity index (χ1n) is 7.70. The number of rotatable bonds is 3. The summed E-state index contributed by atoms with van der Waals surface area (Å²) in [5.41, 5.74) is 0.615. The number of fused-ring (bicyclic) bond motifs is 1. The van der Waals surface area contributed by atoms with Crippen molar-refractivity contribution in [2.24, 2.45) is 5.92 Å². The van der Waals surface area contributed by atoms with Gasteiger partial charge in [0.25, 0.3) is 5.91 Å². The highest BCUT2D eigenvalue weighted by molar-refractivity contribution is 5.97. The van der Waals surface area contributed by atoms with E-state index in [9.17, 15) is 14.7 Å². The zero-order valence-electron chi connectivity index (χ0n) is 13.0. The number of aromatic nitrogens is 1. The Balaban J connectivity index is 1.81. The molecule has 1 aromatic heterocycles. The van der Waals surface area contributed by atoms with E-state index in [4.69, 9.17) is 4.74 Å². The molecule has 0 spiro atoms. The van der Waals surface area contributed by atoms with Crippen molar-refractivity contribution in [2.75, 3.05) is 26.9 Å². The number of hydrogen-bond donors (Lipinski definition) is 1. The Hall–Kier alpha value is -1.99. The average Bonchev–Trinajstić information content (AvgIpc) is 3.03. The predicted octanol–water partition coefficient (Wildman–Crippen LogP) is 0.480. The summed E-state index contributed by atoms with van der Waals surface area (Å²) in [6, 6.07) is 1.47. The van der Waals surface area contributed by atoms with E-state index in [1.54, 1.807) is 4.90 Å². The first-order chi connectivity index (χ1) is 11.1. The maximum atomic E-state index is 12.8. The van der Waals surface area contributed by atoms with Crippen LogP contribution in [0.25, 0.3) is 0 Å². The average molecular weight is 320 g/mol. The van der Waals surface area contributed by atoms with Crippen LogP contribution in [0.1, 0.15) is 33.6 Å². The molecule has 1 saturated carbocycles. The van der Waals surface area contributed by atoms with E-state index in [1.807, 2.05) is 0 Å².